The van der Waals surface area contributed by atoms with Crippen LogP contribution in [0.5, 0.6) is 0 Å². The molecule has 0 aromatic carbocycles. The van der Waals surface area contributed by atoms with Gasteiger partial charge in [-0.25, -0.2) is 5.48 Å². The zero-order valence-corrected chi connectivity index (χ0v) is 17.0. The highest BCUT2D eigenvalue weighted by Crippen LogP contribution is 2.46. The molecular formula is C22H37NO4. The molecule has 5 nitrogen and oxygen atoms in total. The predicted octanol–water partition coefficient (Wildman–Crippen LogP) is 4.39. The van der Waals surface area contributed by atoms with E-state index in [4.69, 9.17) is 14.7 Å². The van der Waals surface area contributed by atoms with Crippen LogP contribution in [0.3, 0.4) is 0 Å². The molecule has 2 bridgehead atoms. The van der Waals surface area contributed by atoms with Crippen LogP contribution >= 0.6 is 0 Å². The van der Waals surface area contributed by atoms with Crippen molar-refractivity contribution in [3.8, 4) is 0 Å². The molecular weight excluding hydrogens is 342 g/mol. The molecule has 3 fully saturated rings. The summed E-state index contributed by atoms with van der Waals surface area (Å²) in [5.74, 6) is 0.923. The predicted molar refractivity (Wildman–Crippen MR) is 104 cm³/mol. The van der Waals surface area contributed by atoms with E-state index in [-0.39, 0.29) is 5.91 Å². The van der Waals surface area contributed by atoms with Crippen molar-refractivity contribution < 1.29 is 19.5 Å². The van der Waals surface area contributed by atoms with Crippen LogP contribution in [0.2, 0.25) is 0 Å². The van der Waals surface area contributed by atoms with E-state index in [1.807, 2.05) is 13.8 Å². The van der Waals surface area contributed by atoms with E-state index in [9.17, 15) is 4.79 Å². The Morgan fingerprint density at radius 3 is 2.56 bits per heavy atom. The summed E-state index contributed by atoms with van der Waals surface area (Å²) >= 11 is 0. The Kier molecular flexibility index (Phi) is 7.35. The standard InChI is InChI=1S/C22H37NO4/c1-22(2,21(24)23-25)14-7-3-4-10-17-18(20-12-11-19(17)27-20)13-15-26-16-8-5-6-9-16/h3-4,16-20,25H,5-15H2,1-2H3,(H,23,24)/t17-,18+,19-,20+/m0/s1. The molecule has 2 heterocycles. The first-order chi connectivity index (χ1) is 13.0. The molecule has 5 heteroatoms. The van der Waals surface area contributed by atoms with Crippen molar-refractivity contribution in [2.45, 2.75) is 96.4 Å². The number of hydrogen-bond donors (Lipinski definition) is 2. The molecule has 0 unspecified atom stereocenters. The lowest BCUT2D eigenvalue weighted by Crippen LogP contribution is -2.34. The molecule has 1 saturated carbocycles. The summed E-state index contributed by atoms with van der Waals surface area (Å²) in [6.45, 7) is 4.60. The molecule has 3 aliphatic rings. The minimum absolute atomic E-state index is 0.320. The van der Waals surface area contributed by atoms with Gasteiger partial charge in [-0.1, -0.05) is 38.8 Å². The lowest BCUT2D eigenvalue weighted by Gasteiger charge is -2.27. The summed E-state index contributed by atoms with van der Waals surface area (Å²) in [4.78, 5) is 11.6. The first-order valence-electron chi connectivity index (χ1n) is 10.9. The zero-order valence-electron chi connectivity index (χ0n) is 17.0. The van der Waals surface area contributed by atoms with E-state index >= 15 is 0 Å². The van der Waals surface area contributed by atoms with E-state index in [1.54, 1.807) is 5.48 Å². The minimum atomic E-state index is -0.547. The fourth-order valence-electron chi connectivity index (χ4n) is 5.10. The van der Waals surface area contributed by atoms with Gasteiger partial charge in [0, 0.05) is 12.0 Å². The van der Waals surface area contributed by atoms with Crippen LogP contribution in [0.15, 0.2) is 12.2 Å². The molecule has 27 heavy (non-hydrogen) atoms. The third kappa shape index (κ3) is 5.33. The van der Waals surface area contributed by atoms with Crippen LogP contribution < -0.4 is 5.48 Å². The lowest BCUT2D eigenvalue weighted by molar-refractivity contribution is -0.138. The van der Waals surface area contributed by atoms with E-state index in [2.05, 4.69) is 12.2 Å². The quantitative estimate of drug-likeness (QED) is 0.336. The minimum Gasteiger partial charge on any atom is -0.378 e. The highest BCUT2D eigenvalue weighted by atomic mass is 16.5. The Balaban J connectivity index is 1.41. The van der Waals surface area contributed by atoms with Crippen molar-refractivity contribution in [1.82, 2.24) is 5.48 Å². The summed E-state index contributed by atoms with van der Waals surface area (Å²) in [6.07, 6.45) is 17.1. The average molecular weight is 380 g/mol. The largest absolute Gasteiger partial charge is 0.378 e. The first-order valence-corrected chi connectivity index (χ1v) is 10.9. The van der Waals surface area contributed by atoms with Gasteiger partial charge < -0.3 is 9.47 Å². The number of rotatable bonds is 10. The normalized spacial score (nSPS) is 31.2. The summed E-state index contributed by atoms with van der Waals surface area (Å²) in [5, 5.41) is 8.80. The average Bonchev–Trinajstić information content (AvgIpc) is 3.39. The van der Waals surface area contributed by atoms with Gasteiger partial charge in [0.15, 0.2) is 0 Å². The lowest BCUT2D eigenvalue weighted by atomic mass is 9.76. The molecule has 1 amide bonds. The molecule has 1 aliphatic carbocycles. The number of hydroxylamine groups is 1. The van der Waals surface area contributed by atoms with Gasteiger partial charge in [0.25, 0.3) is 0 Å². The molecule has 0 radical (unpaired) electrons. The smallest absolute Gasteiger partial charge is 0.248 e. The fraction of sp³-hybridized carbons (Fsp3) is 0.864. The molecule has 2 saturated heterocycles. The van der Waals surface area contributed by atoms with Gasteiger partial charge in [0.05, 0.1) is 18.3 Å². The Morgan fingerprint density at radius 1 is 1.15 bits per heavy atom. The number of carbonyl (C=O) groups excluding carboxylic acids is 1. The van der Waals surface area contributed by atoms with Crippen LogP contribution in [0.4, 0.5) is 0 Å². The van der Waals surface area contributed by atoms with Gasteiger partial charge >= 0.3 is 0 Å². The van der Waals surface area contributed by atoms with Crippen molar-refractivity contribution in [2.24, 2.45) is 17.3 Å². The van der Waals surface area contributed by atoms with Crippen LogP contribution in [0.25, 0.3) is 0 Å². The number of hydrogen-bond acceptors (Lipinski definition) is 4. The summed E-state index contributed by atoms with van der Waals surface area (Å²) in [6, 6.07) is 0. The Morgan fingerprint density at radius 2 is 1.85 bits per heavy atom. The van der Waals surface area contributed by atoms with Crippen LogP contribution in [0.1, 0.15) is 78.1 Å². The second-order valence-corrected chi connectivity index (χ2v) is 9.25. The highest BCUT2D eigenvalue weighted by molar-refractivity contribution is 5.80. The van der Waals surface area contributed by atoms with Crippen molar-refractivity contribution in [2.75, 3.05) is 6.61 Å². The van der Waals surface area contributed by atoms with E-state index < -0.39 is 5.41 Å². The monoisotopic (exact) mass is 379 g/mol. The van der Waals surface area contributed by atoms with E-state index in [0.29, 0.717) is 30.1 Å². The molecule has 0 aromatic heterocycles. The Hall–Kier alpha value is -0.910. The number of amides is 1. The summed E-state index contributed by atoms with van der Waals surface area (Å²) in [7, 11) is 0. The molecule has 0 aromatic rings. The SMILES string of the molecule is CC(C)(CCC=CC[C@H]1[C@@H](CCOC2CCCC2)[C@H]2CC[C@@H]1O2)C(=O)NO. The van der Waals surface area contributed by atoms with Crippen molar-refractivity contribution >= 4 is 5.91 Å². The second kappa shape index (κ2) is 9.53. The van der Waals surface area contributed by atoms with Gasteiger partial charge in [-0.2, -0.15) is 0 Å². The maximum Gasteiger partial charge on any atom is 0.248 e. The first kappa shape index (κ1) is 20.8. The number of allylic oxidation sites excluding steroid dienone is 2. The van der Waals surface area contributed by atoms with Crippen LogP contribution in [-0.4, -0.2) is 36.0 Å². The summed E-state index contributed by atoms with van der Waals surface area (Å²) in [5.41, 5.74) is 1.22. The Bertz CT molecular complexity index is 512. The number of carbonyl (C=O) groups is 1. The molecule has 3 rings (SSSR count). The van der Waals surface area contributed by atoms with Gasteiger partial charge in [-0.15, -0.1) is 0 Å². The molecule has 4 atom stereocenters. The molecule has 2 N–H and O–H groups in total. The fourth-order valence-corrected chi connectivity index (χ4v) is 5.10. The maximum atomic E-state index is 11.6. The van der Waals surface area contributed by atoms with Crippen LogP contribution in [-0.2, 0) is 14.3 Å². The van der Waals surface area contributed by atoms with Gasteiger partial charge in [0.1, 0.15) is 0 Å². The third-order valence-corrected chi connectivity index (χ3v) is 6.92. The maximum absolute atomic E-state index is 11.6. The van der Waals surface area contributed by atoms with Crippen molar-refractivity contribution in [1.29, 1.82) is 0 Å². The summed E-state index contributed by atoms with van der Waals surface area (Å²) < 4.78 is 12.3. The van der Waals surface area contributed by atoms with Gasteiger partial charge in [0.2, 0.25) is 5.91 Å². The molecule has 0 spiro atoms. The zero-order chi connectivity index (χ0) is 19.3. The van der Waals surface area contributed by atoms with Gasteiger partial charge in [-0.3, -0.25) is 10.0 Å². The topological polar surface area (TPSA) is 67.8 Å². The highest BCUT2D eigenvalue weighted by Gasteiger charge is 2.47. The molecule has 154 valence electrons. The van der Waals surface area contributed by atoms with Gasteiger partial charge in [-0.05, 0) is 63.2 Å². The van der Waals surface area contributed by atoms with Crippen LogP contribution in [0, 0.1) is 17.3 Å². The second-order valence-electron chi connectivity index (χ2n) is 9.25. The number of fused-ring (bicyclic) bond motifs is 2. The Labute approximate surface area is 163 Å². The molecule has 2 aliphatic heterocycles. The van der Waals surface area contributed by atoms with E-state index in [1.165, 1.54) is 38.5 Å². The van der Waals surface area contributed by atoms with Crippen molar-refractivity contribution in [3.63, 3.8) is 0 Å². The number of nitrogens with one attached hydrogen (secondary N) is 1. The van der Waals surface area contributed by atoms with E-state index in [0.717, 1.165) is 32.3 Å². The number of ether oxygens (including phenoxy) is 2. The third-order valence-electron chi connectivity index (χ3n) is 6.92. The van der Waals surface area contributed by atoms with Crippen molar-refractivity contribution in [3.05, 3.63) is 12.2 Å².